The molecule has 0 amide bonds. The minimum atomic E-state index is -1.04. The van der Waals surface area contributed by atoms with Crippen LogP contribution in [0.1, 0.15) is 21.1 Å². The van der Waals surface area contributed by atoms with Gasteiger partial charge < -0.3 is 10.4 Å². The highest BCUT2D eigenvalue weighted by Crippen LogP contribution is 2.24. The SMILES string of the molecule is Cc1cc(Br)c(F)cc1NCc1csc(C(=O)O)n1. The number of aromatic nitrogens is 1. The molecule has 0 atom stereocenters. The number of carboxylic acid groups (broad SMARTS) is 1. The second-order valence-corrected chi connectivity index (χ2v) is 5.60. The molecule has 2 N–H and O–H groups in total. The van der Waals surface area contributed by atoms with Gasteiger partial charge in [-0.05, 0) is 40.5 Å². The van der Waals surface area contributed by atoms with Crippen LogP contribution in [0.25, 0.3) is 0 Å². The number of aromatic carboxylic acids is 1. The van der Waals surface area contributed by atoms with Crippen molar-refractivity contribution < 1.29 is 14.3 Å². The highest BCUT2D eigenvalue weighted by Gasteiger charge is 2.10. The number of rotatable bonds is 4. The molecule has 19 heavy (non-hydrogen) atoms. The van der Waals surface area contributed by atoms with Crippen LogP contribution in [0.2, 0.25) is 0 Å². The topological polar surface area (TPSA) is 62.2 Å². The van der Waals surface area contributed by atoms with Crippen LogP contribution in [0.15, 0.2) is 22.0 Å². The fraction of sp³-hybridized carbons (Fsp3) is 0.167. The molecule has 1 heterocycles. The van der Waals surface area contributed by atoms with Crippen molar-refractivity contribution in [3.8, 4) is 0 Å². The van der Waals surface area contributed by atoms with E-state index < -0.39 is 5.97 Å². The third-order valence-corrected chi connectivity index (χ3v) is 3.95. The number of thiazole rings is 1. The predicted molar refractivity (Wildman–Crippen MR) is 75.2 cm³/mol. The van der Waals surface area contributed by atoms with Crippen LogP contribution in [0, 0.1) is 12.7 Å². The second kappa shape index (κ2) is 5.66. The van der Waals surface area contributed by atoms with Crippen LogP contribution in [0.4, 0.5) is 10.1 Å². The minimum Gasteiger partial charge on any atom is -0.476 e. The molecule has 0 saturated heterocycles. The van der Waals surface area contributed by atoms with E-state index >= 15 is 0 Å². The van der Waals surface area contributed by atoms with Crippen LogP contribution in [0.5, 0.6) is 0 Å². The summed E-state index contributed by atoms with van der Waals surface area (Å²) in [6, 6.07) is 3.07. The van der Waals surface area contributed by atoms with Gasteiger partial charge in [0.1, 0.15) is 5.82 Å². The minimum absolute atomic E-state index is 0.0514. The molecule has 0 bridgehead atoms. The lowest BCUT2D eigenvalue weighted by molar-refractivity contribution is 0.0696. The van der Waals surface area contributed by atoms with Crippen molar-refractivity contribution in [3.05, 3.63) is 44.1 Å². The quantitative estimate of drug-likeness (QED) is 0.888. The van der Waals surface area contributed by atoms with Gasteiger partial charge in [0.05, 0.1) is 16.7 Å². The number of nitrogens with zero attached hydrogens (tertiary/aromatic N) is 1. The van der Waals surface area contributed by atoms with Gasteiger partial charge in [0.2, 0.25) is 5.01 Å². The lowest BCUT2D eigenvalue weighted by atomic mass is 10.2. The van der Waals surface area contributed by atoms with Crippen LogP contribution in [-0.4, -0.2) is 16.1 Å². The number of hydrogen-bond donors (Lipinski definition) is 2. The Kier molecular flexibility index (Phi) is 4.16. The van der Waals surface area contributed by atoms with E-state index in [0.717, 1.165) is 16.9 Å². The van der Waals surface area contributed by atoms with Gasteiger partial charge in [0, 0.05) is 11.1 Å². The average Bonchev–Trinajstić information content (AvgIpc) is 2.81. The number of hydrogen-bond acceptors (Lipinski definition) is 4. The van der Waals surface area contributed by atoms with Crippen molar-refractivity contribution in [1.82, 2.24) is 4.98 Å². The van der Waals surface area contributed by atoms with Crippen molar-refractivity contribution >= 4 is 38.9 Å². The van der Waals surface area contributed by atoms with Gasteiger partial charge in [-0.2, -0.15) is 0 Å². The molecule has 0 saturated carbocycles. The van der Waals surface area contributed by atoms with Gasteiger partial charge in [0.25, 0.3) is 0 Å². The normalized spacial score (nSPS) is 10.5. The maximum absolute atomic E-state index is 13.4. The van der Waals surface area contributed by atoms with E-state index in [1.165, 1.54) is 6.07 Å². The van der Waals surface area contributed by atoms with E-state index in [1.807, 2.05) is 6.92 Å². The molecular weight excluding hydrogens is 335 g/mol. The summed E-state index contributed by atoms with van der Waals surface area (Å²) < 4.78 is 13.8. The molecule has 0 aliphatic rings. The van der Waals surface area contributed by atoms with E-state index in [-0.39, 0.29) is 10.8 Å². The lowest BCUT2D eigenvalue weighted by Crippen LogP contribution is -2.03. The van der Waals surface area contributed by atoms with Gasteiger partial charge >= 0.3 is 5.97 Å². The summed E-state index contributed by atoms with van der Waals surface area (Å²) >= 11 is 4.19. The summed E-state index contributed by atoms with van der Waals surface area (Å²) in [5.41, 5.74) is 2.16. The first-order chi connectivity index (χ1) is 8.97. The zero-order chi connectivity index (χ0) is 14.0. The number of anilines is 1. The molecule has 2 aromatic rings. The number of benzene rings is 1. The maximum atomic E-state index is 13.4. The van der Waals surface area contributed by atoms with E-state index in [1.54, 1.807) is 11.4 Å². The van der Waals surface area contributed by atoms with Gasteiger partial charge in [-0.15, -0.1) is 11.3 Å². The highest BCUT2D eigenvalue weighted by molar-refractivity contribution is 9.10. The molecule has 0 spiro atoms. The molecule has 7 heteroatoms. The summed E-state index contributed by atoms with van der Waals surface area (Å²) in [7, 11) is 0. The van der Waals surface area contributed by atoms with Crippen LogP contribution in [-0.2, 0) is 6.54 Å². The number of aryl methyl sites for hydroxylation is 1. The molecule has 100 valence electrons. The Labute approximate surface area is 121 Å². The van der Waals surface area contributed by atoms with Crippen molar-refractivity contribution in [1.29, 1.82) is 0 Å². The Hall–Kier alpha value is -1.47. The Bertz CT molecular complexity index is 630. The fourth-order valence-electron chi connectivity index (χ4n) is 1.51. The number of carboxylic acids is 1. The summed E-state index contributed by atoms with van der Waals surface area (Å²) in [6.45, 7) is 2.21. The predicted octanol–water partition coefficient (Wildman–Crippen LogP) is 3.66. The molecule has 1 aromatic heterocycles. The van der Waals surface area contributed by atoms with Crippen molar-refractivity contribution in [2.75, 3.05) is 5.32 Å². The summed E-state index contributed by atoms with van der Waals surface area (Å²) in [4.78, 5) is 14.6. The van der Waals surface area contributed by atoms with E-state index in [9.17, 15) is 9.18 Å². The maximum Gasteiger partial charge on any atom is 0.365 e. The first-order valence-corrected chi connectivity index (χ1v) is 7.02. The molecule has 0 aliphatic heterocycles. The molecule has 2 rings (SSSR count). The summed E-state index contributed by atoms with van der Waals surface area (Å²) in [5, 5.41) is 13.5. The van der Waals surface area contributed by atoms with E-state index in [0.29, 0.717) is 22.4 Å². The van der Waals surface area contributed by atoms with Gasteiger partial charge in [-0.3, -0.25) is 0 Å². The average molecular weight is 345 g/mol. The Balaban J connectivity index is 2.09. The van der Waals surface area contributed by atoms with E-state index in [2.05, 4.69) is 26.2 Å². The second-order valence-electron chi connectivity index (χ2n) is 3.88. The molecule has 4 nitrogen and oxygen atoms in total. The molecule has 0 aliphatic carbocycles. The Morgan fingerprint density at radius 2 is 2.32 bits per heavy atom. The lowest BCUT2D eigenvalue weighted by Gasteiger charge is -2.09. The van der Waals surface area contributed by atoms with E-state index in [4.69, 9.17) is 5.11 Å². The summed E-state index contributed by atoms with van der Waals surface area (Å²) in [5.74, 6) is -1.39. The largest absolute Gasteiger partial charge is 0.476 e. The monoisotopic (exact) mass is 344 g/mol. The summed E-state index contributed by atoms with van der Waals surface area (Å²) in [6.07, 6.45) is 0. The molecule has 0 unspecified atom stereocenters. The molecular formula is C12H10BrFN2O2S. The molecule has 0 radical (unpaired) electrons. The number of nitrogens with one attached hydrogen (secondary N) is 1. The van der Waals surface area contributed by atoms with Crippen molar-refractivity contribution in [2.24, 2.45) is 0 Å². The van der Waals surface area contributed by atoms with Crippen molar-refractivity contribution in [3.63, 3.8) is 0 Å². The number of carbonyl (C=O) groups is 1. The van der Waals surface area contributed by atoms with Gasteiger partial charge in [-0.1, -0.05) is 0 Å². The molecule has 0 fully saturated rings. The Morgan fingerprint density at radius 1 is 1.58 bits per heavy atom. The Morgan fingerprint density at radius 3 is 2.95 bits per heavy atom. The standard InChI is InChI=1S/C12H10BrFN2O2S/c1-6-2-8(13)9(14)3-10(6)15-4-7-5-19-11(16-7)12(17)18/h2-3,5,15H,4H2,1H3,(H,17,18). The first kappa shape index (κ1) is 14.0. The highest BCUT2D eigenvalue weighted by atomic mass is 79.9. The fourth-order valence-corrected chi connectivity index (χ4v) is 2.62. The zero-order valence-electron chi connectivity index (χ0n) is 9.91. The van der Waals surface area contributed by atoms with Crippen LogP contribution >= 0.6 is 27.3 Å². The van der Waals surface area contributed by atoms with Crippen LogP contribution < -0.4 is 5.32 Å². The van der Waals surface area contributed by atoms with Crippen molar-refractivity contribution in [2.45, 2.75) is 13.5 Å². The molecule has 1 aromatic carbocycles. The smallest absolute Gasteiger partial charge is 0.365 e. The zero-order valence-corrected chi connectivity index (χ0v) is 12.3. The third kappa shape index (κ3) is 3.30. The van der Waals surface area contributed by atoms with Gasteiger partial charge in [-0.25, -0.2) is 14.2 Å². The first-order valence-electron chi connectivity index (χ1n) is 5.34. The van der Waals surface area contributed by atoms with Gasteiger partial charge in [0.15, 0.2) is 0 Å². The third-order valence-electron chi connectivity index (χ3n) is 2.46. The number of halogens is 2. The van der Waals surface area contributed by atoms with Crippen LogP contribution in [0.3, 0.4) is 0 Å².